The number of alkyl carbamates (subject to hydrolysis) is 1. The molecule has 15 N–H and O–H groups in total. The Morgan fingerprint density at radius 3 is 2.18 bits per heavy atom. The van der Waals surface area contributed by atoms with Crippen LogP contribution in [0.3, 0.4) is 0 Å². The number of nitrogens with zero attached hydrogens (tertiary/aromatic N) is 4. The van der Waals surface area contributed by atoms with Crippen LogP contribution in [-0.2, 0) is 97.1 Å². The Morgan fingerprint density at radius 2 is 1.52 bits per heavy atom. The molecule has 35 nitrogen and oxygen atoms in total. The monoisotopic (exact) mass is 1550 g/mol. The Hall–Kier alpha value is -8.02. The molecule has 1 aromatic heterocycles. The van der Waals surface area contributed by atoms with Gasteiger partial charge in [0.15, 0.2) is 29.1 Å². The molecule has 6 aliphatic rings. The van der Waals surface area contributed by atoms with Crippen LogP contribution in [0.2, 0.25) is 0 Å². The molecular weight excluding hydrogens is 1450 g/mol. The molecular formula is C68H100F2N14O21S2. The third-order valence-corrected chi connectivity index (χ3v) is 22.0. The van der Waals surface area contributed by atoms with Crippen LogP contribution in [0.1, 0.15) is 148 Å². The van der Waals surface area contributed by atoms with Crippen LogP contribution in [0, 0.1) is 28.6 Å². The number of aromatic nitrogens is 3. The number of ketones is 2. The molecule has 594 valence electrons. The number of halogens is 2. The van der Waals surface area contributed by atoms with Crippen molar-refractivity contribution < 1.29 is 107 Å². The zero-order chi connectivity index (χ0) is 78.4. The van der Waals surface area contributed by atoms with E-state index in [0.717, 1.165) is 25.3 Å². The predicted octanol–water partition coefficient (Wildman–Crippen LogP) is 1.01. The Kier molecular flexibility index (Phi) is 28.8. The third-order valence-electron chi connectivity index (χ3n) is 21.0. The number of anilines is 1. The molecule has 1 aromatic carbocycles. The molecule has 0 bridgehead atoms. The molecule has 2 unspecified atom stereocenters. The predicted molar refractivity (Wildman–Crippen MR) is 376 cm³/mol. The summed E-state index contributed by atoms with van der Waals surface area (Å²) in [5.74, 6) is -9.86. The smallest absolute Gasteiger partial charge is 0.407 e. The number of hydrogen-bond donors (Lipinski definition) is 13. The van der Waals surface area contributed by atoms with E-state index in [2.05, 4.69) is 42.2 Å². The van der Waals surface area contributed by atoms with Crippen LogP contribution in [0.25, 0.3) is 0 Å². The first kappa shape index (κ1) is 84.6. The number of urea groups is 1. The summed E-state index contributed by atoms with van der Waals surface area (Å²) >= 11 is 0. The number of ether oxygens (including phenoxy) is 4. The zero-order valence-corrected chi connectivity index (χ0v) is 62.1. The molecule has 8 rings (SSSR count). The average molecular weight is 1550 g/mol. The van der Waals surface area contributed by atoms with E-state index in [-0.39, 0.29) is 89.2 Å². The number of rotatable bonds is 37. The number of carbonyl (C=O) groups excluding carboxylic acids is 10. The van der Waals surface area contributed by atoms with Gasteiger partial charge in [-0.1, -0.05) is 70.4 Å². The lowest BCUT2D eigenvalue weighted by Crippen LogP contribution is -2.71. The Balaban J connectivity index is 0.782. The normalized spacial score (nSPS) is 26.7. The van der Waals surface area contributed by atoms with E-state index in [1.807, 2.05) is 17.6 Å². The minimum atomic E-state index is -4.58. The van der Waals surface area contributed by atoms with E-state index in [1.165, 1.54) is 40.8 Å². The Morgan fingerprint density at radius 1 is 0.841 bits per heavy atom. The number of amides is 9. The first-order valence-corrected chi connectivity index (χ1v) is 39.1. The van der Waals surface area contributed by atoms with Gasteiger partial charge in [0, 0.05) is 42.1 Å². The highest BCUT2D eigenvalue weighted by molar-refractivity contribution is 7.86. The van der Waals surface area contributed by atoms with E-state index in [4.69, 9.17) is 39.5 Å². The molecule has 5 aliphatic carbocycles. The number of nitrogens with one attached hydrogen (secondary N) is 8. The molecule has 107 heavy (non-hydrogen) atoms. The van der Waals surface area contributed by atoms with Crippen LogP contribution in [0.15, 0.2) is 48.1 Å². The molecule has 39 heteroatoms. The largest absolute Gasteiger partial charge is 0.445 e. The van der Waals surface area contributed by atoms with Crippen molar-refractivity contribution in [2.75, 3.05) is 62.9 Å². The van der Waals surface area contributed by atoms with Crippen LogP contribution in [-0.4, -0.2) is 222 Å². The van der Waals surface area contributed by atoms with E-state index >= 15 is 8.78 Å². The van der Waals surface area contributed by atoms with Gasteiger partial charge in [0.25, 0.3) is 20.2 Å². The molecule has 4 fully saturated rings. The van der Waals surface area contributed by atoms with Gasteiger partial charge < -0.3 is 78.1 Å². The molecule has 1 aliphatic heterocycles. The zero-order valence-electron chi connectivity index (χ0n) is 60.5. The number of aliphatic hydroxyl groups is 1. The van der Waals surface area contributed by atoms with Gasteiger partial charge in [0.2, 0.25) is 35.4 Å². The van der Waals surface area contributed by atoms with Crippen LogP contribution < -0.4 is 54.0 Å². The third kappa shape index (κ3) is 21.1. The maximum Gasteiger partial charge on any atom is 0.407 e. The van der Waals surface area contributed by atoms with Gasteiger partial charge in [-0.05, 0) is 131 Å². The minimum absolute atomic E-state index is 0.00648. The van der Waals surface area contributed by atoms with Crippen molar-refractivity contribution in [3.05, 3.63) is 65.0 Å². The number of primary amides is 1. The fraction of sp³-hybridized carbons (Fsp3) is 0.676. The highest BCUT2D eigenvalue weighted by Gasteiger charge is 2.80. The van der Waals surface area contributed by atoms with Gasteiger partial charge in [-0.2, -0.15) is 16.8 Å². The second kappa shape index (κ2) is 36.5. The van der Waals surface area contributed by atoms with Gasteiger partial charge in [-0.3, -0.25) is 52.4 Å². The Labute approximate surface area is 618 Å². The summed E-state index contributed by atoms with van der Waals surface area (Å²) in [6, 6.07) is 1.87. The molecule has 2 heterocycles. The highest BCUT2D eigenvalue weighted by Crippen LogP contribution is 2.72. The van der Waals surface area contributed by atoms with Crippen molar-refractivity contribution in [3.8, 4) is 0 Å². The lowest BCUT2D eigenvalue weighted by molar-refractivity contribution is -0.233. The number of aliphatic hydroxyl groups excluding tert-OH is 1. The number of alkyl halides is 2. The van der Waals surface area contributed by atoms with Gasteiger partial charge >= 0.3 is 12.1 Å². The number of benzene rings is 1. The van der Waals surface area contributed by atoms with Crippen molar-refractivity contribution in [2.24, 2.45) is 40.1 Å². The molecule has 9 amide bonds. The fourth-order valence-electron chi connectivity index (χ4n) is 15.6. The first-order chi connectivity index (χ1) is 50.4. The van der Waals surface area contributed by atoms with E-state index in [0.29, 0.717) is 55.5 Å². The Bertz CT molecular complexity index is 3840. The van der Waals surface area contributed by atoms with Crippen molar-refractivity contribution >= 4 is 85.1 Å². The number of nitrogens with two attached hydrogens (primary N) is 2. The summed E-state index contributed by atoms with van der Waals surface area (Å²) in [5.41, 5.74) is 6.28. The van der Waals surface area contributed by atoms with Crippen molar-refractivity contribution in [2.45, 2.75) is 204 Å². The maximum atomic E-state index is 18.0. The minimum Gasteiger partial charge on any atom is -0.445 e. The number of fused-ring (bicyclic) bond motifs is 8. The molecule has 1 saturated heterocycles. The maximum absolute atomic E-state index is 18.0. The lowest BCUT2D eigenvalue weighted by atomic mass is 9.44. The lowest BCUT2D eigenvalue weighted by Gasteiger charge is -2.63. The van der Waals surface area contributed by atoms with Crippen molar-refractivity contribution in [1.29, 1.82) is 0 Å². The second-order valence-electron chi connectivity index (χ2n) is 28.9. The summed E-state index contributed by atoms with van der Waals surface area (Å²) in [6.07, 6.45) is 1.79. The summed E-state index contributed by atoms with van der Waals surface area (Å²) < 4.78 is 123. The van der Waals surface area contributed by atoms with Crippen molar-refractivity contribution in [3.63, 3.8) is 0 Å². The first-order valence-electron chi connectivity index (χ1n) is 35.9. The second-order valence-corrected chi connectivity index (χ2v) is 31.8. The number of allylic oxidation sites excluding steroid dienone is 4. The number of hydrogen-bond acceptors (Lipinski definition) is 23. The van der Waals surface area contributed by atoms with Gasteiger partial charge in [0.1, 0.15) is 55.0 Å². The molecule has 0 radical (unpaired) electrons. The SMILES string of the molecule is CCCC1O[C@@H]2C[C@H]3[C@@H]4C[C@H](F)C5=CC(=O)C=C[C@]5(C)[C@@]4(F)[C@@H](O)C[C@]3(C)[C@]2(C(=O)CNC(=O)OCc2ccc(NC(=O)[C@H](CCCNC(N)=O)NC(=O)[C@@H](NC(=O)[C@H](N)CCCCNC(=O)COC3CCCCCc4c3nnn4CCN(CC(=O)NCS(=O)(=O)O)CC(=O)NCS(=O)(=O)O)C(C)C)cc2)O1. The highest BCUT2D eigenvalue weighted by atomic mass is 32.2. The number of carbonyl (C=O) groups is 10. The summed E-state index contributed by atoms with van der Waals surface area (Å²) in [6.45, 7) is 6.32. The van der Waals surface area contributed by atoms with Crippen LogP contribution >= 0.6 is 0 Å². The van der Waals surface area contributed by atoms with Crippen LogP contribution in [0.5, 0.6) is 0 Å². The van der Waals surface area contributed by atoms with Gasteiger partial charge in [-0.25, -0.2) is 23.1 Å². The number of Topliss-reactive ketones (excluding diaryl/α,β-unsaturated/α-hetero) is 1. The molecule has 2 aromatic rings. The van der Waals surface area contributed by atoms with E-state index in [1.54, 1.807) is 32.9 Å². The molecule has 0 spiro atoms. The van der Waals surface area contributed by atoms with E-state index in [9.17, 15) is 69.9 Å². The van der Waals surface area contributed by atoms with Gasteiger partial charge in [0.05, 0.1) is 50.1 Å². The quantitative estimate of drug-likeness (QED) is 0.0332. The van der Waals surface area contributed by atoms with Crippen molar-refractivity contribution in [1.82, 2.24) is 57.1 Å². The van der Waals surface area contributed by atoms with Crippen LogP contribution in [0.4, 0.5) is 24.1 Å². The average Bonchev–Trinajstić information content (AvgIpc) is 1.55. The summed E-state index contributed by atoms with van der Waals surface area (Å²) in [5, 5.41) is 40.4. The number of unbranched alkanes of at least 4 members (excludes halogenated alkanes) is 1. The topological polar surface area (TPSA) is 519 Å². The molecule has 3 saturated carbocycles. The summed E-state index contributed by atoms with van der Waals surface area (Å²) in [4.78, 5) is 133. The fourth-order valence-corrected chi connectivity index (χ4v) is 16.3. The van der Waals surface area contributed by atoms with E-state index < -0.39 is 200 Å². The summed E-state index contributed by atoms with van der Waals surface area (Å²) in [7, 11) is -9.15. The molecule has 14 atom stereocenters. The van der Waals surface area contributed by atoms with Gasteiger partial charge in [-0.15, -0.1) is 5.10 Å². The standard InChI is InChI=1S/C68H100F2N14O21S2/c1-6-13-57-104-53-30-43-44-29-46(69)45-28-42(85)22-23-65(45,4)67(44,70)51(86)31-66(43,5)68(53,105-57)52(87)32-75-64(95)103-35-40-18-20-41(21-19-40)78-61(92)48(15-12-25-74-63(72)94)79-62(93)58(39(2)3)80-60(91)47(71)14-10-11-24-73-56(90)36-102-50-17-9-7-8-16-49-59(50)81-82-84(49)27-26-83(33-54(88)76-37-106(96,97)98)34-55(89)77-38-107(99,100)101/h18-23,28,39,43-44,46-48,50-51,53,57-58,86H,6-17,24-27,29-38,71H2,1-5H3,(H,73,90)(H,75,95)(H,76,88)(H,77,89)(H,78,92)(H,79,93)(H,80,91)(H3,72,74,94)(H,96,97,98)(H,99,100,101)/t43-,44-,46-,47+,48-,50?,51-,53+,57?,58-,65-,66-,67-,68+/m0/s1.